The number of carbonyl (C=O) groups is 2. The molecule has 112 valence electrons. The summed E-state index contributed by atoms with van der Waals surface area (Å²) in [6.45, 7) is 1.12. The summed E-state index contributed by atoms with van der Waals surface area (Å²) < 4.78 is 0. The highest BCUT2D eigenvalue weighted by Crippen LogP contribution is 2.38. The molecule has 1 aliphatic carbocycles. The molecule has 2 fully saturated rings. The number of aliphatic hydroxyl groups excluding tert-OH is 1. The Labute approximate surface area is 121 Å². The number of urea groups is 1. The lowest BCUT2D eigenvalue weighted by Gasteiger charge is -2.19. The molecule has 1 aliphatic heterocycles. The first-order valence-electron chi connectivity index (χ1n) is 6.98. The highest BCUT2D eigenvalue weighted by molar-refractivity contribution is 5.98. The van der Waals surface area contributed by atoms with Crippen LogP contribution in [0.1, 0.15) is 23.3 Å². The van der Waals surface area contributed by atoms with Gasteiger partial charge in [0.25, 0.3) is 0 Å². The zero-order valence-corrected chi connectivity index (χ0v) is 11.4. The van der Waals surface area contributed by atoms with E-state index in [1.807, 2.05) is 0 Å². The van der Waals surface area contributed by atoms with Crippen LogP contribution < -0.4 is 5.32 Å². The van der Waals surface area contributed by atoms with Gasteiger partial charge in [0.05, 0.1) is 11.8 Å². The van der Waals surface area contributed by atoms with Crippen LogP contribution in [-0.4, -0.2) is 51.3 Å². The average Bonchev–Trinajstić information content (AvgIpc) is 3.02. The van der Waals surface area contributed by atoms with Crippen molar-refractivity contribution in [3.63, 3.8) is 0 Å². The third kappa shape index (κ3) is 2.56. The Morgan fingerprint density at radius 1 is 1.33 bits per heavy atom. The van der Waals surface area contributed by atoms with Crippen molar-refractivity contribution in [2.24, 2.45) is 11.8 Å². The molecule has 2 amide bonds. The number of aromatic carboxylic acids is 1. The van der Waals surface area contributed by atoms with E-state index in [0.29, 0.717) is 19.0 Å². The second-order valence-corrected chi connectivity index (χ2v) is 5.61. The van der Waals surface area contributed by atoms with Crippen LogP contribution in [0.4, 0.5) is 10.5 Å². The number of nitrogens with one attached hydrogen (secondary N) is 1. The number of aliphatic hydroxyl groups is 1. The number of pyridine rings is 1. The smallest absolute Gasteiger partial charge is 0.356 e. The zero-order valence-electron chi connectivity index (χ0n) is 11.4. The number of likely N-dealkylation sites (tertiary alicyclic amines) is 1. The number of anilines is 1. The zero-order chi connectivity index (χ0) is 15.0. The van der Waals surface area contributed by atoms with Gasteiger partial charge in [0, 0.05) is 25.2 Å². The minimum atomic E-state index is -1.18. The van der Waals surface area contributed by atoms with E-state index in [4.69, 9.17) is 5.11 Å². The maximum Gasteiger partial charge on any atom is 0.356 e. The van der Waals surface area contributed by atoms with E-state index < -0.39 is 5.97 Å². The Bertz CT molecular complexity index is 577. The summed E-state index contributed by atoms with van der Waals surface area (Å²) >= 11 is 0. The average molecular weight is 291 g/mol. The van der Waals surface area contributed by atoms with Crippen molar-refractivity contribution in [3.8, 4) is 0 Å². The highest BCUT2D eigenvalue weighted by atomic mass is 16.4. The Balaban J connectivity index is 1.69. The van der Waals surface area contributed by atoms with Gasteiger partial charge in [-0.25, -0.2) is 14.6 Å². The van der Waals surface area contributed by atoms with Gasteiger partial charge in [-0.2, -0.15) is 0 Å². The van der Waals surface area contributed by atoms with Crippen LogP contribution in [0.5, 0.6) is 0 Å². The molecule has 7 heteroatoms. The summed E-state index contributed by atoms with van der Waals surface area (Å²) in [5, 5.41) is 21.5. The molecule has 1 saturated heterocycles. The monoisotopic (exact) mass is 291 g/mol. The van der Waals surface area contributed by atoms with Gasteiger partial charge < -0.3 is 20.4 Å². The lowest BCUT2D eigenvalue weighted by atomic mass is 10.00. The van der Waals surface area contributed by atoms with Gasteiger partial charge in [-0.15, -0.1) is 0 Å². The molecule has 3 atom stereocenters. The minimum Gasteiger partial charge on any atom is -0.476 e. The van der Waals surface area contributed by atoms with E-state index in [0.717, 1.165) is 12.8 Å². The van der Waals surface area contributed by atoms with Crippen LogP contribution in [0.15, 0.2) is 18.3 Å². The predicted molar refractivity (Wildman–Crippen MR) is 74.0 cm³/mol. The van der Waals surface area contributed by atoms with Crippen molar-refractivity contribution in [2.45, 2.75) is 18.9 Å². The van der Waals surface area contributed by atoms with Crippen LogP contribution in [0.25, 0.3) is 0 Å². The number of carbonyl (C=O) groups excluding carboxylic acids is 1. The first-order valence-corrected chi connectivity index (χ1v) is 6.98. The van der Waals surface area contributed by atoms with Crippen LogP contribution in [0.3, 0.4) is 0 Å². The van der Waals surface area contributed by atoms with Gasteiger partial charge in [0.1, 0.15) is 0 Å². The molecule has 3 N–H and O–H groups in total. The lowest BCUT2D eigenvalue weighted by Crippen LogP contribution is -2.35. The number of carboxylic acid groups (broad SMARTS) is 1. The Kier molecular flexibility index (Phi) is 3.50. The van der Waals surface area contributed by atoms with Gasteiger partial charge in [-0.1, -0.05) is 0 Å². The molecule has 1 saturated carbocycles. The molecule has 0 aromatic carbocycles. The van der Waals surface area contributed by atoms with E-state index in [1.165, 1.54) is 12.3 Å². The van der Waals surface area contributed by atoms with Gasteiger partial charge in [-0.05, 0) is 30.9 Å². The standard InChI is InChI=1S/C14H17N3O4/c18-11-4-3-8-6-17(7-9(8)11)14(21)16-10-2-1-5-15-12(10)13(19)20/h1-2,5,8-9,11,18H,3-4,6-7H2,(H,16,21)(H,19,20). The molecule has 3 rings (SSSR count). The quantitative estimate of drug-likeness (QED) is 0.754. The van der Waals surface area contributed by atoms with Gasteiger partial charge in [0.2, 0.25) is 0 Å². The molecule has 1 aromatic heterocycles. The third-order valence-electron chi connectivity index (χ3n) is 4.36. The lowest BCUT2D eigenvalue weighted by molar-refractivity contribution is 0.0691. The van der Waals surface area contributed by atoms with E-state index in [2.05, 4.69) is 10.3 Å². The maximum absolute atomic E-state index is 12.2. The van der Waals surface area contributed by atoms with Crippen molar-refractivity contribution >= 4 is 17.7 Å². The molecule has 0 radical (unpaired) electrons. The van der Waals surface area contributed by atoms with Gasteiger partial charge in [0.15, 0.2) is 5.69 Å². The Morgan fingerprint density at radius 2 is 2.14 bits per heavy atom. The van der Waals surface area contributed by atoms with Crippen molar-refractivity contribution in [1.29, 1.82) is 0 Å². The molecule has 7 nitrogen and oxygen atoms in total. The van der Waals surface area contributed by atoms with E-state index >= 15 is 0 Å². The highest BCUT2D eigenvalue weighted by Gasteiger charge is 2.43. The van der Waals surface area contributed by atoms with Gasteiger partial charge in [-0.3, -0.25) is 0 Å². The first-order chi connectivity index (χ1) is 10.1. The molecule has 0 spiro atoms. The second-order valence-electron chi connectivity index (χ2n) is 5.61. The Morgan fingerprint density at radius 3 is 2.86 bits per heavy atom. The fourth-order valence-electron chi connectivity index (χ4n) is 3.27. The molecular weight excluding hydrogens is 274 g/mol. The van der Waals surface area contributed by atoms with Gasteiger partial charge >= 0.3 is 12.0 Å². The van der Waals surface area contributed by atoms with Crippen molar-refractivity contribution in [3.05, 3.63) is 24.0 Å². The van der Waals surface area contributed by atoms with E-state index in [9.17, 15) is 14.7 Å². The topological polar surface area (TPSA) is 103 Å². The summed E-state index contributed by atoms with van der Waals surface area (Å²) in [4.78, 5) is 28.7. The minimum absolute atomic E-state index is 0.142. The number of fused-ring (bicyclic) bond motifs is 1. The number of carboxylic acids is 1. The SMILES string of the molecule is O=C(O)c1ncccc1NC(=O)N1CC2CCC(O)C2C1. The number of nitrogens with zero attached hydrogens (tertiary/aromatic N) is 2. The van der Waals surface area contributed by atoms with Crippen LogP contribution in [0.2, 0.25) is 0 Å². The summed E-state index contributed by atoms with van der Waals surface area (Å²) in [5.41, 5.74) is 0.0119. The number of hydrogen-bond acceptors (Lipinski definition) is 4. The number of aromatic nitrogens is 1. The fourth-order valence-corrected chi connectivity index (χ4v) is 3.27. The maximum atomic E-state index is 12.2. The van der Waals surface area contributed by atoms with Crippen molar-refractivity contribution < 1.29 is 19.8 Å². The molecule has 2 heterocycles. The molecule has 0 bridgehead atoms. The third-order valence-corrected chi connectivity index (χ3v) is 4.36. The van der Waals surface area contributed by atoms with Crippen LogP contribution in [-0.2, 0) is 0 Å². The molecule has 1 aromatic rings. The summed E-state index contributed by atoms with van der Waals surface area (Å²) in [5.74, 6) is -0.693. The van der Waals surface area contributed by atoms with Crippen LogP contribution >= 0.6 is 0 Å². The predicted octanol–water partition coefficient (Wildman–Crippen LogP) is 1.01. The molecule has 2 aliphatic rings. The second kappa shape index (κ2) is 5.33. The number of amides is 2. The van der Waals surface area contributed by atoms with Crippen molar-refractivity contribution in [1.82, 2.24) is 9.88 Å². The normalized spacial score (nSPS) is 27.5. The molecule has 21 heavy (non-hydrogen) atoms. The number of rotatable bonds is 2. The summed E-state index contributed by atoms with van der Waals surface area (Å²) in [6.07, 6.45) is 2.77. The fraction of sp³-hybridized carbons (Fsp3) is 0.500. The van der Waals surface area contributed by atoms with Crippen LogP contribution in [0, 0.1) is 11.8 Å². The number of hydrogen-bond donors (Lipinski definition) is 3. The van der Waals surface area contributed by atoms with Crippen molar-refractivity contribution in [2.75, 3.05) is 18.4 Å². The first kappa shape index (κ1) is 13.8. The van der Waals surface area contributed by atoms with E-state index in [-0.39, 0.29) is 29.4 Å². The Hall–Kier alpha value is -2.15. The largest absolute Gasteiger partial charge is 0.476 e. The molecular formula is C14H17N3O4. The summed E-state index contributed by atoms with van der Waals surface area (Å²) in [6, 6.07) is 2.75. The summed E-state index contributed by atoms with van der Waals surface area (Å²) in [7, 11) is 0. The molecule has 3 unspecified atom stereocenters. The van der Waals surface area contributed by atoms with E-state index in [1.54, 1.807) is 11.0 Å².